The van der Waals surface area contributed by atoms with Gasteiger partial charge in [0.25, 0.3) is 0 Å². The van der Waals surface area contributed by atoms with Crippen LogP contribution in [0.4, 0.5) is 5.95 Å². The number of nitrogens with one attached hydrogen (secondary N) is 2. The Hall–Kier alpha value is -1.11. The molecule has 0 spiro atoms. The standard InChI is InChI=1S/C5H7BrN4O2/c1-12-5-8-4(9-10-5)7-3(11)2-6/h2H2,1H3,(H2,7,8,9,10,11). The average Bonchev–Trinajstić information content (AvgIpc) is 2.52. The van der Waals surface area contributed by atoms with Crippen molar-refractivity contribution in [3.8, 4) is 6.01 Å². The summed E-state index contributed by atoms with van der Waals surface area (Å²) in [4.78, 5) is 14.6. The fraction of sp³-hybridized carbons (Fsp3) is 0.400. The molecule has 0 fully saturated rings. The number of amides is 1. The minimum atomic E-state index is -0.200. The van der Waals surface area contributed by atoms with Crippen LogP contribution in [0.5, 0.6) is 6.01 Å². The lowest BCUT2D eigenvalue weighted by molar-refractivity contribution is -0.113. The first kappa shape index (κ1) is 8.98. The Morgan fingerprint density at radius 2 is 2.58 bits per heavy atom. The molecule has 0 radical (unpaired) electrons. The molecule has 0 aliphatic heterocycles. The Labute approximate surface area is 76.8 Å². The molecule has 2 N–H and O–H groups in total. The molecule has 0 aromatic carbocycles. The van der Waals surface area contributed by atoms with Crippen molar-refractivity contribution in [2.24, 2.45) is 0 Å². The zero-order valence-electron chi connectivity index (χ0n) is 6.30. The SMILES string of the molecule is COc1n[nH]c(NC(=O)CBr)n1. The van der Waals surface area contributed by atoms with Crippen LogP contribution in [0.15, 0.2) is 0 Å². The molecule has 0 atom stereocenters. The van der Waals surface area contributed by atoms with Gasteiger partial charge in [0.15, 0.2) is 0 Å². The third kappa shape index (κ3) is 2.19. The van der Waals surface area contributed by atoms with E-state index in [0.29, 0.717) is 0 Å². The minimum Gasteiger partial charge on any atom is -0.466 e. The fourth-order valence-electron chi connectivity index (χ4n) is 0.559. The number of hydrogen-bond acceptors (Lipinski definition) is 4. The number of carbonyl (C=O) groups is 1. The van der Waals surface area contributed by atoms with Crippen molar-refractivity contribution in [1.82, 2.24) is 15.2 Å². The average molecular weight is 235 g/mol. The molecule has 0 aliphatic carbocycles. The van der Waals surface area contributed by atoms with E-state index < -0.39 is 0 Å². The molecule has 1 aromatic heterocycles. The summed E-state index contributed by atoms with van der Waals surface area (Å²) in [7, 11) is 1.44. The number of nitrogens with zero attached hydrogens (tertiary/aromatic N) is 2. The normalized spacial score (nSPS) is 9.50. The van der Waals surface area contributed by atoms with Gasteiger partial charge in [-0.25, -0.2) is 5.10 Å². The first-order valence-electron chi connectivity index (χ1n) is 3.08. The van der Waals surface area contributed by atoms with Crippen LogP contribution < -0.4 is 10.1 Å². The van der Waals surface area contributed by atoms with Crippen LogP contribution in [-0.4, -0.2) is 33.5 Å². The number of anilines is 1. The summed E-state index contributed by atoms with van der Waals surface area (Å²) < 4.78 is 4.69. The van der Waals surface area contributed by atoms with E-state index in [1.54, 1.807) is 0 Å². The highest BCUT2D eigenvalue weighted by Gasteiger charge is 2.04. The molecule has 0 saturated heterocycles. The number of aromatic amines is 1. The van der Waals surface area contributed by atoms with Gasteiger partial charge in [-0.15, -0.1) is 5.10 Å². The largest absolute Gasteiger partial charge is 0.466 e. The summed E-state index contributed by atoms with van der Waals surface area (Å²) in [5, 5.41) is 8.79. The number of alkyl halides is 1. The lowest BCUT2D eigenvalue weighted by Crippen LogP contribution is -2.13. The van der Waals surface area contributed by atoms with Gasteiger partial charge in [-0.3, -0.25) is 10.1 Å². The van der Waals surface area contributed by atoms with E-state index in [-0.39, 0.29) is 23.2 Å². The molecule has 7 heteroatoms. The number of H-pyrrole nitrogens is 1. The summed E-state index contributed by atoms with van der Waals surface area (Å²) >= 11 is 2.99. The molecule has 1 rings (SSSR count). The van der Waals surface area contributed by atoms with Crippen molar-refractivity contribution in [2.75, 3.05) is 17.8 Å². The molecule has 6 nitrogen and oxygen atoms in total. The van der Waals surface area contributed by atoms with E-state index in [1.807, 2.05) is 0 Å². The number of hydrogen-bond donors (Lipinski definition) is 2. The molecule has 1 heterocycles. The van der Waals surface area contributed by atoms with Gasteiger partial charge in [0.05, 0.1) is 12.4 Å². The van der Waals surface area contributed by atoms with Gasteiger partial charge in [-0.05, 0) is 0 Å². The van der Waals surface area contributed by atoms with E-state index in [1.165, 1.54) is 7.11 Å². The van der Waals surface area contributed by atoms with Crippen molar-refractivity contribution in [2.45, 2.75) is 0 Å². The van der Waals surface area contributed by atoms with Crippen LogP contribution in [-0.2, 0) is 4.79 Å². The number of ether oxygens (including phenoxy) is 1. The summed E-state index contributed by atoms with van der Waals surface area (Å²) in [6.07, 6.45) is 0. The van der Waals surface area contributed by atoms with Crippen LogP contribution in [0.1, 0.15) is 0 Å². The number of halogens is 1. The Balaban J connectivity index is 2.58. The second-order valence-electron chi connectivity index (χ2n) is 1.85. The summed E-state index contributed by atoms with van der Waals surface area (Å²) in [5.41, 5.74) is 0. The first-order chi connectivity index (χ1) is 5.76. The van der Waals surface area contributed by atoms with Gasteiger partial charge in [-0.2, -0.15) is 4.98 Å². The molecule has 0 bridgehead atoms. The highest BCUT2D eigenvalue weighted by atomic mass is 79.9. The summed E-state index contributed by atoms with van der Waals surface area (Å²) in [6, 6.07) is 0.194. The molecular formula is C5H7BrN4O2. The topological polar surface area (TPSA) is 79.9 Å². The number of methoxy groups -OCH3 is 1. The van der Waals surface area contributed by atoms with Crippen molar-refractivity contribution in [3.05, 3.63) is 0 Å². The van der Waals surface area contributed by atoms with E-state index in [9.17, 15) is 4.79 Å². The summed E-state index contributed by atoms with van der Waals surface area (Å²) in [6.45, 7) is 0. The maximum Gasteiger partial charge on any atom is 0.336 e. The van der Waals surface area contributed by atoms with Gasteiger partial charge in [0.1, 0.15) is 0 Å². The summed E-state index contributed by atoms with van der Waals surface area (Å²) in [5.74, 6) is 0.0742. The van der Waals surface area contributed by atoms with Gasteiger partial charge in [0.2, 0.25) is 11.9 Å². The lowest BCUT2D eigenvalue weighted by atomic mass is 10.7. The molecule has 0 aliphatic rings. The second-order valence-corrected chi connectivity index (χ2v) is 2.41. The third-order valence-electron chi connectivity index (χ3n) is 1.03. The van der Waals surface area contributed by atoms with Crippen LogP contribution in [0.3, 0.4) is 0 Å². The van der Waals surface area contributed by atoms with Crippen molar-refractivity contribution in [3.63, 3.8) is 0 Å². The van der Waals surface area contributed by atoms with Crippen molar-refractivity contribution >= 4 is 27.8 Å². The molecular weight excluding hydrogens is 228 g/mol. The Kier molecular flexibility index (Phi) is 3.03. The van der Waals surface area contributed by atoms with Crippen molar-refractivity contribution in [1.29, 1.82) is 0 Å². The predicted molar refractivity (Wildman–Crippen MR) is 45.4 cm³/mol. The predicted octanol–water partition coefficient (Wildman–Crippen LogP) is 0.147. The van der Waals surface area contributed by atoms with E-state index in [2.05, 4.69) is 36.4 Å². The fourth-order valence-corrected chi connectivity index (χ4v) is 0.699. The van der Waals surface area contributed by atoms with Gasteiger partial charge >= 0.3 is 6.01 Å². The van der Waals surface area contributed by atoms with Gasteiger partial charge < -0.3 is 4.74 Å². The van der Waals surface area contributed by atoms with Crippen LogP contribution >= 0.6 is 15.9 Å². The Morgan fingerprint density at radius 1 is 1.83 bits per heavy atom. The zero-order chi connectivity index (χ0) is 8.97. The smallest absolute Gasteiger partial charge is 0.336 e. The minimum absolute atomic E-state index is 0.194. The van der Waals surface area contributed by atoms with Crippen LogP contribution in [0.25, 0.3) is 0 Å². The van der Waals surface area contributed by atoms with Gasteiger partial charge in [-0.1, -0.05) is 15.9 Å². The zero-order valence-corrected chi connectivity index (χ0v) is 7.88. The third-order valence-corrected chi connectivity index (χ3v) is 1.54. The maximum absolute atomic E-state index is 10.8. The number of aromatic nitrogens is 3. The Morgan fingerprint density at radius 3 is 3.08 bits per heavy atom. The molecule has 0 unspecified atom stereocenters. The number of rotatable bonds is 3. The Bertz CT molecular complexity index is 274. The van der Waals surface area contributed by atoms with E-state index >= 15 is 0 Å². The van der Waals surface area contributed by atoms with Crippen molar-refractivity contribution < 1.29 is 9.53 Å². The number of carbonyl (C=O) groups excluding carboxylic acids is 1. The monoisotopic (exact) mass is 234 g/mol. The van der Waals surface area contributed by atoms with E-state index in [4.69, 9.17) is 4.74 Å². The lowest BCUT2D eigenvalue weighted by Gasteiger charge is -1.94. The molecule has 1 aromatic rings. The molecule has 1 amide bonds. The van der Waals surface area contributed by atoms with E-state index in [0.717, 1.165) is 0 Å². The van der Waals surface area contributed by atoms with Crippen LogP contribution in [0.2, 0.25) is 0 Å². The highest BCUT2D eigenvalue weighted by Crippen LogP contribution is 2.04. The van der Waals surface area contributed by atoms with Crippen LogP contribution in [0, 0.1) is 0 Å². The van der Waals surface area contributed by atoms with Gasteiger partial charge in [0, 0.05) is 0 Å². The first-order valence-corrected chi connectivity index (χ1v) is 4.20. The quantitative estimate of drug-likeness (QED) is 0.730. The highest BCUT2D eigenvalue weighted by molar-refractivity contribution is 9.09. The second kappa shape index (κ2) is 4.05. The molecule has 12 heavy (non-hydrogen) atoms. The maximum atomic E-state index is 10.8. The molecule has 66 valence electrons. The molecule has 0 saturated carbocycles.